The molecule has 0 bridgehead atoms. The van der Waals surface area contributed by atoms with Crippen LogP contribution in [0.25, 0.3) is 22.2 Å². The van der Waals surface area contributed by atoms with Gasteiger partial charge in [0, 0.05) is 80.4 Å². The van der Waals surface area contributed by atoms with E-state index in [9.17, 15) is 9.59 Å². The van der Waals surface area contributed by atoms with E-state index in [1.807, 2.05) is 42.1 Å². The number of ether oxygens (including phenoxy) is 1. The molecule has 13 heteroatoms. The zero-order valence-electron chi connectivity index (χ0n) is 32.5. The van der Waals surface area contributed by atoms with Crippen LogP contribution < -0.4 is 16.0 Å². The van der Waals surface area contributed by atoms with E-state index in [2.05, 4.69) is 82.1 Å². The van der Waals surface area contributed by atoms with Crippen LogP contribution in [0.5, 0.6) is 0 Å². The normalized spacial score (nSPS) is 13.5. The van der Waals surface area contributed by atoms with E-state index in [1.54, 1.807) is 18.2 Å². The lowest BCUT2D eigenvalue weighted by molar-refractivity contribution is 0.0904. The zero-order chi connectivity index (χ0) is 38.9. The first-order chi connectivity index (χ1) is 26.6. The van der Waals surface area contributed by atoms with Crippen molar-refractivity contribution in [2.75, 3.05) is 52.8 Å². The molecule has 0 spiro atoms. The second kappa shape index (κ2) is 18.6. The van der Waals surface area contributed by atoms with Gasteiger partial charge in [-0.3, -0.25) is 9.59 Å². The van der Waals surface area contributed by atoms with Crippen molar-refractivity contribution >= 4 is 40.1 Å². The van der Waals surface area contributed by atoms with Crippen LogP contribution in [0.15, 0.2) is 66.9 Å². The van der Waals surface area contributed by atoms with Crippen molar-refractivity contribution in [3.05, 3.63) is 106 Å². The van der Waals surface area contributed by atoms with Gasteiger partial charge in [0.1, 0.15) is 11.4 Å². The van der Waals surface area contributed by atoms with Crippen molar-refractivity contribution in [3.8, 4) is 11.1 Å². The number of aryl methyl sites for hydroxylation is 2. The zero-order valence-corrected chi connectivity index (χ0v) is 33.2. The number of nitrogens with zero attached hydrogens (tertiary/aromatic N) is 6. The third-order valence-corrected chi connectivity index (χ3v) is 10.2. The molecular formula is C42H52ClN9O3. The average molecular weight is 766 g/mol. The molecule has 290 valence electrons. The summed E-state index contributed by atoms with van der Waals surface area (Å²) in [4.78, 5) is 40.8. The number of carbonyl (C=O) groups is 2. The molecule has 1 aliphatic heterocycles. The lowest BCUT2D eigenvalue weighted by atomic mass is 10.0. The molecule has 3 N–H and O–H groups in total. The smallest absolute Gasteiger partial charge is 0.270 e. The van der Waals surface area contributed by atoms with E-state index < -0.39 is 0 Å². The number of hydrogen-bond donors (Lipinski definition) is 3. The predicted molar refractivity (Wildman–Crippen MR) is 218 cm³/mol. The number of likely N-dealkylation sites (N-methyl/N-ethyl adjacent to an activating group) is 2. The fraction of sp³-hybridized carbons (Fsp3) is 0.405. The molecule has 1 fully saturated rings. The number of fused-ring (bicyclic) bond motifs is 1. The summed E-state index contributed by atoms with van der Waals surface area (Å²) in [5, 5.41) is 15.9. The van der Waals surface area contributed by atoms with Gasteiger partial charge < -0.3 is 30.5 Å². The number of benzene rings is 2. The Balaban J connectivity index is 1.12. The third kappa shape index (κ3) is 10.1. The summed E-state index contributed by atoms with van der Waals surface area (Å²) in [6, 6.07) is 19.3. The minimum absolute atomic E-state index is 0.151. The lowest BCUT2D eigenvalue weighted by Gasteiger charge is -2.26. The molecule has 4 heterocycles. The summed E-state index contributed by atoms with van der Waals surface area (Å²) in [5.41, 5.74) is 7.87. The topological polar surface area (TPSA) is 130 Å². The predicted octanol–water partition coefficient (Wildman–Crippen LogP) is 6.17. The second-order valence-corrected chi connectivity index (χ2v) is 14.7. The van der Waals surface area contributed by atoms with E-state index in [1.165, 1.54) is 5.56 Å². The molecule has 2 amide bonds. The van der Waals surface area contributed by atoms with Crippen molar-refractivity contribution in [2.45, 2.75) is 65.3 Å². The van der Waals surface area contributed by atoms with Crippen molar-refractivity contribution in [2.24, 2.45) is 0 Å². The quantitative estimate of drug-likeness (QED) is 0.108. The molecule has 5 aromatic rings. The van der Waals surface area contributed by atoms with Crippen molar-refractivity contribution in [3.63, 3.8) is 0 Å². The first-order valence-corrected chi connectivity index (χ1v) is 19.5. The number of pyridine rings is 2. The average Bonchev–Trinajstić information content (AvgIpc) is 3.62. The molecule has 12 nitrogen and oxygen atoms in total. The van der Waals surface area contributed by atoms with Crippen LogP contribution in [0.4, 0.5) is 5.69 Å². The molecule has 0 atom stereocenters. The van der Waals surface area contributed by atoms with Gasteiger partial charge in [0.05, 0.1) is 17.3 Å². The van der Waals surface area contributed by atoms with Gasteiger partial charge in [-0.25, -0.2) is 14.6 Å². The Morgan fingerprint density at radius 1 is 0.891 bits per heavy atom. The van der Waals surface area contributed by atoms with Gasteiger partial charge in [0.2, 0.25) is 0 Å². The third-order valence-electron chi connectivity index (χ3n) is 9.92. The van der Waals surface area contributed by atoms with Crippen molar-refractivity contribution in [1.82, 2.24) is 40.2 Å². The van der Waals surface area contributed by atoms with Crippen LogP contribution in [0, 0.1) is 0 Å². The van der Waals surface area contributed by atoms with Crippen LogP contribution in [0.1, 0.15) is 70.1 Å². The summed E-state index contributed by atoms with van der Waals surface area (Å²) >= 11 is 6.68. The van der Waals surface area contributed by atoms with E-state index in [0.29, 0.717) is 31.2 Å². The Morgan fingerprint density at radius 3 is 2.33 bits per heavy atom. The maximum Gasteiger partial charge on any atom is 0.270 e. The number of amides is 2. The number of hydrogen-bond acceptors (Lipinski definition) is 9. The highest BCUT2D eigenvalue weighted by molar-refractivity contribution is 6.33. The maximum atomic E-state index is 13.5. The molecule has 0 radical (unpaired) electrons. The molecule has 0 unspecified atom stereocenters. The fourth-order valence-electron chi connectivity index (χ4n) is 6.82. The van der Waals surface area contributed by atoms with E-state index in [0.717, 1.165) is 77.1 Å². The minimum atomic E-state index is -0.383. The molecule has 1 aliphatic rings. The molecule has 3 aromatic heterocycles. The standard InChI is InChI=1S/C42H52ClN9O3/c1-6-36-33(39(47-31-16-20-55-21-17-31)34-26-46-52(7-2)40(34)49-36)25-45-42(54)38-13-9-12-37(48-38)41(53)44-24-28-14-15-35(43)32(23-28)30-11-8-10-29(22-30)27-51(5)19-18-50(3)4/h8-15,22-23,26,31H,6-7,16-21,24-25,27H2,1-5H3,(H,44,53)(H,45,54)(H,47,49). The number of halogens is 1. The number of rotatable bonds is 16. The second-order valence-electron chi connectivity index (χ2n) is 14.3. The van der Waals surface area contributed by atoms with Gasteiger partial charge in [-0.1, -0.05) is 48.9 Å². The summed E-state index contributed by atoms with van der Waals surface area (Å²) in [6.07, 6.45) is 4.31. The highest BCUT2D eigenvalue weighted by atomic mass is 35.5. The van der Waals surface area contributed by atoms with Gasteiger partial charge >= 0.3 is 0 Å². The molecule has 55 heavy (non-hydrogen) atoms. The summed E-state index contributed by atoms with van der Waals surface area (Å²) in [5.74, 6) is -0.765. The Hall–Kier alpha value is -4.88. The molecular weight excluding hydrogens is 714 g/mol. The molecule has 2 aromatic carbocycles. The molecule has 0 saturated carbocycles. The summed E-state index contributed by atoms with van der Waals surface area (Å²) < 4.78 is 7.49. The summed E-state index contributed by atoms with van der Waals surface area (Å²) in [7, 11) is 6.28. The van der Waals surface area contributed by atoms with Crippen LogP contribution in [-0.4, -0.2) is 94.9 Å². The number of anilines is 1. The number of carbonyl (C=O) groups excluding carboxylic acids is 2. The van der Waals surface area contributed by atoms with Gasteiger partial charge in [0.25, 0.3) is 11.8 Å². The molecule has 6 rings (SSSR count). The van der Waals surface area contributed by atoms with Crippen LogP contribution in [0.2, 0.25) is 5.02 Å². The molecule has 0 aliphatic carbocycles. The Labute approximate surface area is 328 Å². The highest BCUT2D eigenvalue weighted by Gasteiger charge is 2.23. The molecule has 1 saturated heterocycles. The Bertz CT molecular complexity index is 2110. The van der Waals surface area contributed by atoms with E-state index in [4.69, 9.17) is 21.3 Å². The fourth-order valence-corrected chi connectivity index (χ4v) is 7.05. The van der Waals surface area contributed by atoms with Crippen LogP contribution >= 0.6 is 11.6 Å². The van der Waals surface area contributed by atoms with Crippen molar-refractivity contribution in [1.29, 1.82) is 0 Å². The van der Waals surface area contributed by atoms with E-state index in [-0.39, 0.29) is 42.3 Å². The SMILES string of the molecule is CCc1nc2c(cnn2CC)c(NC2CCOCC2)c1CNC(=O)c1cccc(C(=O)NCc2ccc(Cl)c(-c3cccc(CN(C)CCN(C)C)c3)c2)n1. The largest absolute Gasteiger partial charge is 0.381 e. The Morgan fingerprint density at radius 2 is 1.62 bits per heavy atom. The van der Waals surface area contributed by atoms with Gasteiger partial charge in [-0.15, -0.1) is 0 Å². The summed E-state index contributed by atoms with van der Waals surface area (Å²) in [6.45, 7) is 9.49. The minimum Gasteiger partial charge on any atom is -0.381 e. The van der Waals surface area contributed by atoms with Gasteiger partial charge in [0.15, 0.2) is 5.65 Å². The number of aromatic nitrogens is 4. The van der Waals surface area contributed by atoms with E-state index >= 15 is 0 Å². The number of nitrogens with one attached hydrogen (secondary N) is 3. The monoisotopic (exact) mass is 765 g/mol. The first kappa shape index (κ1) is 39.8. The first-order valence-electron chi connectivity index (χ1n) is 19.1. The Kier molecular flexibility index (Phi) is 13.5. The lowest BCUT2D eigenvalue weighted by Crippen LogP contribution is -2.30. The highest BCUT2D eigenvalue weighted by Crippen LogP contribution is 2.32. The van der Waals surface area contributed by atoms with Crippen LogP contribution in [0.3, 0.4) is 0 Å². The van der Waals surface area contributed by atoms with Crippen LogP contribution in [-0.2, 0) is 37.3 Å². The maximum absolute atomic E-state index is 13.5. The van der Waals surface area contributed by atoms with Gasteiger partial charge in [-0.05, 0) is 94.4 Å². The van der Waals surface area contributed by atoms with Gasteiger partial charge in [-0.2, -0.15) is 5.10 Å². The van der Waals surface area contributed by atoms with Crippen molar-refractivity contribution < 1.29 is 14.3 Å².